The maximum absolute atomic E-state index is 13.8. The van der Waals surface area contributed by atoms with Gasteiger partial charge in [0.2, 0.25) is 0 Å². The van der Waals surface area contributed by atoms with Crippen molar-refractivity contribution in [1.82, 2.24) is 9.88 Å². The molecule has 0 fully saturated rings. The number of aliphatic hydroxyl groups is 1. The number of likely N-dealkylation sites (N-methyl/N-ethyl adjacent to an activating group) is 1. The van der Waals surface area contributed by atoms with Gasteiger partial charge in [0.1, 0.15) is 5.83 Å². The SMILES string of the molecule is CNC[C@@H](O)[C@H](C1C=CC=C(F)C1)n1ccc2ccc(Br)cc21. The highest BCUT2D eigenvalue weighted by Crippen LogP contribution is 2.35. The summed E-state index contributed by atoms with van der Waals surface area (Å²) in [7, 11) is 1.81. The van der Waals surface area contributed by atoms with Gasteiger partial charge in [-0.1, -0.05) is 34.1 Å². The Bertz CT molecular complexity index is 753. The molecule has 1 unspecified atom stereocenters. The molecule has 0 aliphatic heterocycles. The van der Waals surface area contributed by atoms with E-state index in [4.69, 9.17) is 0 Å². The van der Waals surface area contributed by atoms with Gasteiger partial charge in [-0.2, -0.15) is 0 Å². The molecule has 5 heteroatoms. The molecular formula is C18H20BrFN2O. The van der Waals surface area contributed by atoms with Crippen molar-refractivity contribution >= 4 is 26.8 Å². The zero-order chi connectivity index (χ0) is 16.4. The van der Waals surface area contributed by atoms with Gasteiger partial charge in [-0.15, -0.1) is 0 Å². The Labute approximate surface area is 143 Å². The normalized spacial score (nSPS) is 20.5. The van der Waals surface area contributed by atoms with Crippen LogP contribution in [0.15, 0.2) is 59.0 Å². The quantitative estimate of drug-likeness (QED) is 0.826. The summed E-state index contributed by atoms with van der Waals surface area (Å²) in [4.78, 5) is 0. The molecule has 122 valence electrons. The van der Waals surface area contributed by atoms with Gasteiger partial charge >= 0.3 is 0 Å². The molecular weight excluding hydrogens is 359 g/mol. The minimum Gasteiger partial charge on any atom is -0.390 e. The topological polar surface area (TPSA) is 37.2 Å². The lowest BCUT2D eigenvalue weighted by Crippen LogP contribution is -2.37. The molecule has 1 aromatic heterocycles. The van der Waals surface area contributed by atoms with Crippen molar-refractivity contribution in [2.45, 2.75) is 18.6 Å². The molecule has 0 radical (unpaired) electrons. The highest BCUT2D eigenvalue weighted by Gasteiger charge is 2.30. The lowest BCUT2D eigenvalue weighted by Gasteiger charge is -2.32. The van der Waals surface area contributed by atoms with Gasteiger partial charge in [-0.25, -0.2) is 4.39 Å². The summed E-state index contributed by atoms with van der Waals surface area (Å²) in [5.74, 6) is -0.227. The molecule has 0 saturated carbocycles. The third-order valence-electron chi connectivity index (χ3n) is 4.32. The van der Waals surface area contributed by atoms with Gasteiger partial charge < -0.3 is 15.0 Å². The second-order valence-corrected chi connectivity index (χ2v) is 6.82. The molecule has 1 aliphatic rings. The van der Waals surface area contributed by atoms with Gasteiger partial charge in [0.25, 0.3) is 0 Å². The van der Waals surface area contributed by atoms with Crippen LogP contribution in [0.5, 0.6) is 0 Å². The van der Waals surface area contributed by atoms with E-state index >= 15 is 0 Å². The number of nitrogens with one attached hydrogen (secondary N) is 1. The molecule has 23 heavy (non-hydrogen) atoms. The first-order valence-electron chi connectivity index (χ1n) is 7.72. The monoisotopic (exact) mass is 378 g/mol. The lowest BCUT2D eigenvalue weighted by atomic mass is 9.88. The lowest BCUT2D eigenvalue weighted by molar-refractivity contribution is 0.0912. The fraction of sp³-hybridized carbons (Fsp3) is 0.333. The first-order chi connectivity index (χ1) is 11.1. The standard InChI is InChI=1S/C18H20BrFN2O/c1-21-11-17(23)18(13-3-2-4-15(20)9-13)22-8-7-12-5-6-14(19)10-16(12)22/h2-8,10,13,17-18,21,23H,9,11H2,1H3/t13?,17-,18+/m1/s1. The number of rotatable bonds is 5. The Morgan fingerprint density at radius 3 is 3.00 bits per heavy atom. The van der Waals surface area contributed by atoms with E-state index in [0.717, 1.165) is 15.4 Å². The third kappa shape index (κ3) is 3.42. The van der Waals surface area contributed by atoms with Crippen LogP contribution < -0.4 is 5.32 Å². The van der Waals surface area contributed by atoms with Crippen LogP contribution in [0.3, 0.4) is 0 Å². The highest BCUT2D eigenvalue weighted by atomic mass is 79.9. The van der Waals surface area contributed by atoms with Crippen molar-refractivity contribution in [3.05, 3.63) is 59.0 Å². The fourth-order valence-corrected chi connectivity index (χ4v) is 3.64. The van der Waals surface area contributed by atoms with Crippen LogP contribution in [0.2, 0.25) is 0 Å². The molecule has 0 saturated heterocycles. The van der Waals surface area contributed by atoms with Crippen molar-refractivity contribution in [2.75, 3.05) is 13.6 Å². The summed E-state index contributed by atoms with van der Waals surface area (Å²) < 4.78 is 16.8. The van der Waals surface area contributed by atoms with Crippen LogP contribution in [0.1, 0.15) is 12.5 Å². The van der Waals surface area contributed by atoms with Crippen molar-refractivity contribution in [3.8, 4) is 0 Å². The van der Waals surface area contributed by atoms with Gasteiger partial charge in [0.05, 0.1) is 12.1 Å². The van der Waals surface area contributed by atoms with E-state index in [1.165, 1.54) is 6.08 Å². The Hall–Kier alpha value is -1.43. The average Bonchev–Trinajstić information content (AvgIpc) is 2.91. The minimum absolute atomic E-state index is 0.0852. The van der Waals surface area contributed by atoms with Crippen molar-refractivity contribution in [1.29, 1.82) is 0 Å². The van der Waals surface area contributed by atoms with E-state index in [2.05, 4.69) is 25.8 Å². The molecule has 1 aromatic carbocycles. The molecule has 0 amide bonds. The minimum atomic E-state index is -0.616. The third-order valence-corrected chi connectivity index (χ3v) is 4.81. The van der Waals surface area contributed by atoms with Gasteiger partial charge in [-0.05, 0) is 36.7 Å². The number of nitrogens with zero attached hydrogens (tertiary/aromatic N) is 1. The predicted octanol–water partition coefficient (Wildman–Crippen LogP) is 3.95. The average molecular weight is 379 g/mol. The van der Waals surface area contributed by atoms with E-state index in [0.29, 0.717) is 13.0 Å². The van der Waals surface area contributed by atoms with E-state index in [1.807, 2.05) is 43.6 Å². The highest BCUT2D eigenvalue weighted by molar-refractivity contribution is 9.10. The van der Waals surface area contributed by atoms with E-state index in [1.54, 1.807) is 6.08 Å². The van der Waals surface area contributed by atoms with Crippen LogP contribution in [-0.4, -0.2) is 29.4 Å². The molecule has 0 spiro atoms. The maximum Gasteiger partial charge on any atom is 0.101 e. The molecule has 1 aliphatic carbocycles. The van der Waals surface area contributed by atoms with E-state index < -0.39 is 6.10 Å². The zero-order valence-corrected chi connectivity index (χ0v) is 14.5. The largest absolute Gasteiger partial charge is 0.390 e. The first kappa shape index (κ1) is 16.4. The van der Waals surface area contributed by atoms with Crippen LogP contribution in [0.4, 0.5) is 4.39 Å². The summed E-state index contributed by atoms with van der Waals surface area (Å²) in [6, 6.07) is 7.86. The molecule has 2 aromatic rings. The summed E-state index contributed by atoms with van der Waals surface area (Å²) in [5.41, 5.74) is 1.03. The summed E-state index contributed by atoms with van der Waals surface area (Å²) >= 11 is 3.50. The number of aliphatic hydroxyl groups excluding tert-OH is 1. The number of hydrogen-bond donors (Lipinski definition) is 2. The molecule has 3 nitrogen and oxygen atoms in total. The second-order valence-electron chi connectivity index (χ2n) is 5.91. The van der Waals surface area contributed by atoms with Crippen molar-refractivity contribution in [2.24, 2.45) is 5.92 Å². The molecule has 3 rings (SSSR count). The zero-order valence-electron chi connectivity index (χ0n) is 12.9. The smallest absolute Gasteiger partial charge is 0.101 e. The number of aromatic nitrogens is 1. The maximum atomic E-state index is 13.8. The van der Waals surface area contributed by atoms with E-state index in [9.17, 15) is 9.50 Å². The van der Waals surface area contributed by atoms with Crippen LogP contribution >= 0.6 is 15.9 Å². The fourth-order valence-electron chi connectivity index (χ4n) is 3.29. The van der Waals surface area contributed by atoms with Crippen LogP contribution in [0.25, 0.3) is 10.9 Å². The summed E-state index contributed by atoms with van der Waals surface area (Å²) in [5, 5.41) is 14.8. The Morgan fingerprint density at radius 1 is 1.43 bits per heavy atom. The molecule has 1 heterocycles. The van der Waals surface area contributed by atoms with Crippen molar-refractivity contribution < 1.29 is 9.50 Å². The number of benzene rings is 1. The van der Waals surface area contributed by atoms with Gasteiger partial charge in [0, 0.05) is 35.1 Å². The van der Waals surface area contributed by atoms with E-state index in [-0.39, 0.29) is 17.8 Å². The van der Waals surface area contributed by atoms with Crippen molar-refractivity contribution in [3.63, 3.8) is 0 Å². The number of allylic oxidation sites excluding steroid dienone is 4. The number of halogens is 2. The van der Waals surface area contributed by atoms with Crippen LogP contribution in [-0.2, 0) is 0 Å². The molecule has 3 atom stereocenters. The second kappa shape index (κ2) is 6.99. The van der Waals surface area contributed by atoms with Gasteiger partial charge in [-0.3, -0.25) is 0 Å². The number of hydrogen-bond acceptors (Lipinski definition) is 2. The molecule has 2 N–H and O–H groups in total. The molecule has 0 bridgehead atoms. The Kier molecular flexibility index (Phi) is 4.99. The van der Waals surface area contributed by atoms with Gasteiger partial charge in [0.15, 0.2) is 0 Å². The number of fused-ring (bicyclic) bond motifs is 1. The Balaban J connectivity index is 2.04. The van der Waals surface area contributed by atoms with Crippen LogP contribution in [0, 0.1) is 5.92 Å². The summed E-state index contributed by atoms with van der Waals surface area (Å²) in [6.45, 7) is 0.452. The summed E-state index contributed by atoms with van der Waals surface area (Å²) in [6.07, 6.45) is 6.89. The first-order valence-corrected chi connectivity index (χ1v) is 8.51. The Morgan fingerprint density at radius 2 is 2.26 bits per heavy atom. The predicted molar refractivity (Wildman–Crippen MR) is 95.0 cm³/mol.